The van der Waals surface area contributed by atoms with Crippen molar-refractivity contribution in [3.05, 3.63) is 0 Å². The largest absolute Gasteiger partial charge is 0.285 e. The molecule has 0 N–H and O–H groups in total. The minimum Gasteiger partial charge on any atom is -0.285 e. The van der Waals surface area contributed by atoms with Crippen LogP contribution in [0.25, 0.3) is 0 Å². The number of hydrogen-bond acceptors (Lipinski definition) is 5. The van der Waals surface area contributed by atoms with Crippen LogP contribution in [0.4, 0.5) is 0 Å². The van der Waals surface area contributed by atoms with Crippen LogP contribution in [-0.2, 0) is 23.7 Å². The minimum atomic E-state index is -4.18. The van der Waals surface area contributed by atoms with Crippen LogP contribution in [0.5, 0.6) is 0 Å². The smallest absolute Gasteiger partial charge is 0.247 e. The maximum atomic E-state index is 10.2. The number of rotatable bonds is 3. The van der Waals surface area contributed by atoms with E-state index in [0.29, 0.717) is 0 Å². The molecule has 60 valence electrons. The average Bonchev–Trinajstić information content (AvgIpc) is 1.60. The summed E-state index contributed by atoms with van der Waals surface area (Å²) in [6.07, 6.45) is 0. The molecule has 0 atom stereocenters. The monoisotopic (exact) mass is 206 g/mol. The highest BCUT2D eigenvalue weighted by molar-refractivity contribution is 8.24. The molecule has 0 aromatic heterocycles. The minimum absolute atomic E-state index is 0.451. The van der Waals surface area contributed by atoms with Crippen LogP contribution >= 0.6 is 10.7 Å². The molecule has 0 aromatic rings. The van der Waals surface area contributed by atoms with Gasteiger partial charge in [-0.15, -0.1) is 0 Å². The van der Waals surface area contributed by atoms with Gasteiger partial charge in [-0.05, 0) is 0 Å². The highest BCUT2D eigenvalue weighted by Crippen LogP contribution is 1.99. The van der Waals surface area contributed by atoms with Gasteiger partial charge in [0.1, 0.15) is 0 Å². The Labute approximate surface area is 62.3 Å². The molecule has 0 aliphatic heterocycles. The second-order valence-electron chi connectivity index (χ2n) is 1.42. The Morgan fingerprint density at radius 1 is 1.20 bits per heavy atom. The van der Waals surface area contributed by atoms with Gasteiger partial charge in [0.05, 0.1) is 0 Å². The van der Waals surface area contributed by atoms with Crippen LogP contribution in [0, 0.1) is 0 Å². The van der Waals surface area contributed by atoms with Crippen molar-refractivity contribution in [3.8, 4) is 0 Å². The molecule has 0 aliphatic carbocycles. The molecule has 0 saturated carbocycles. The Morgan fingerprint density at radius 2 is 1.60 bits per heavy atom. The normalized spacial score (nSPS) is 12.9. The molecule has 0 saturated heterocycles. The highest BCUT2D eigenvalue weighted by atomic mass is 35.7. The fourth-order valence-corrected chi connectivity index (χ4v) is 3.13. The molecule has 0 aliphatic rings. The summed E-state index contributed by atoms with van der Waals surface area (Å²) in [6, 6.07) is 0. The van der Waals surface area contributed by atoms with Crippen LogP contribution in [-0.4, -0.2) is 27.5 Å². The van der Waals surface area contributed by atoms with E-state index in [0.717, 1.165) is 0 Å². The topological polar surface area (TPSA) is 85.3 Å². The molecule has 5 nitrogen and oxygen atoms in total. The summed E-state index contributed by atoms with van der Waals surface area (Å²) in [5, 5.41) is -1.34. The Bertz CT molecular complexity index is 310. The van der Waals surface area contributed by atoms with E-state index < -0.39 is 29.6 Å². The van der Waals surface area contributed by atoms with E-state index in [-0.39, 0.29) is 0 Å². The molecule has 0 bridgehead atoms. The fourth-order valence-electron chi connectivity index (χ4n) is 0.224. The Balaban J connectivity index is 4.65. The molecule has 0 amide bonds. The zero-order valence-electron chi connectivity index (χ0n) is 4.52. The standard InChI is InChI=1S/C2H3ClO5S2/c3-10(7,8)2-9(5,6)1-4/h1H,2H2. The zero-order valence-corrected chi connectivity index (χ0v) is 6.91. The molecule has 0 aromatic carbocycles. The summed E-state index contributed by atoms with van der Waals surface area (Å²) in [4.78, 5) is 9.59. The fraction of sp³-hybridized carbons (Fsp3) is 0.500. The summed E-state index contributed by atoms with van der Waals surface area (Å²) in [7, 11) is -3.79. The molecule has 0 heterocycles. The first-order valence-electron chi connectivity index (χ1n) is 1.87. The van der Waals surface area contributed by atoms with Crippen molar-refractivity contribution in [3.63, 3.8) is 0 Å². The van der Waals surface area contributed by atoms with Gasteiger partial charge in [0.2, 0.25) is 24.5 Å². The van der Waals surface area contributed by atoms with Crippen LogP contribution in [0.2, 0.25) is 0 Å². The molecular formula is C2H3ClO5S2. The van der Waals surface area contributed by atoms with Gasteiger partial charge in [0.15, 0.2) is 5.08 Å². The molecule has 8 heteroatoms. The molecule has 0 rings (SSSR count). The van der Waals surface area contributed by atoms with Crippen molar-refractivity contribution >= 4 is 35.2 Å². The van der Waals surface area contributed by atoms with E-state index in [1.165, 1.54) is 0 Å². The predicted molar refractivity (Wildman–Crippen MR) is 35.3 cm³/mol. The quantitative estimate of drug-likeness (QED) is 0.442. The van der Waals surface area contributed by atoms with Gasteiger partial charge in [-0.2, -0.15) is 0 Å². The van der Waals surface area contributed by atoms with Crippen LogP contribution in [0.15, 0.2) is 0 Å². The number of carbonyl (C=O) groups is 1. The first-order chi connectivity index (χ1) is 4.27. The molecule has 10 heavy (non-hydrogen) atoms. The van der Waals surface area contributed by atoms with E-state index in [1.54, 1.807) is 0 Å². The average molecular weight is 207 g/mol. The zero-order chi connectivity index (χ0) is 8.41. The number of sulfone groups is 1. The van der Waals surface area contributed by atoms with Crippen LogP contribution < -0.4 is 0 Å². The summed E-state index contributed by atoms with van der Waals surface area (Å²) in [5.41, 5.74) is -0.451. The lowest BCUT2D eigenvalue weighted by Gasteiger charge is -1.88. The van der Waals surface area contributed by atoms with E-state index in [4.69, 9.17) is 0 Å². The third kappa shape index (κ3) is 4.71. The van der Waals surface area contributed by atoms with Crippen LogP contribution in [0.1, 0.15) is 0 Å². The summed E-state index contributed by atoms with van der Waals surface area (Å²) in [5.74, 6) is 0. The predicted octanol–water partition coefficient (Wildman–Crippen LogP) is -0.882. The maximum Gasteiger partial charge on any atom is 0.247 e. The van der Waals surface area contributed by atoms with Gasteiger partial charge in [0.25, 0.3) is 0 Å². The van der Waals surface area contributed by atoms with Crippen molar-refractivity contribution in [2.75, 3.05) is 5.08 Å². The lowest BCUT2D eigenvalue weighted by Crippen LogP contribution is -2.12. The molecule has 0 unspecified atom stereocenters. The van der Waals surface area contributed by atoms with E-state index in [9.17, 15) is 21.6 Å². The SMILES string of the molecule is O=CS(=O)(=O)CS(=O)(=O)Cl. The van der Waals surface area contributed by atoms with Crippen LogP contribution in [0.3, 0.4) is 0 Å². The lowest BCUT2D eigenvalue weighted by atomic mass is 11.8. The first kappa shape index (κ1) is 9.86. The van der Waals surface area contributed by atoms with Gasteiger partial charge < -0.3 is 0 Å². The van der Waals surface area contributed by atoms with E-state index >= 15 is 0 Å². The van der Waals surface area contributed by atoms with E-state index in [1.807, 2.05) is 0 Å². The highest BCUT2D eigenvalue weighted by Gasteiger charge is 2.18. The molecule has 0 radical (unpaired) electrons. The summed E-state index contributed by atoms with van der Waals surface area (Å²) >= 11 is 0. The van der Waals surface area contributed by atoms with Crippen molar-refractivity contribution < 1.29 is 21.6 Å². The third-order valence-corrected chi connectivity index (χ3v) is 3.99. The van der Waals surface area contributed by atoms with Gasteiger partial charge in [-0.1, -0.05) is 0 Å². The maximum absolute atomic E-state index is 10.2. The molecular weight excluding hydrogens is 204 g/mol. The van der Waals surface area contributed by atoms with Gasteiger partial charge in [-0.25, -0.2) is 16.8 Å². The van der Waals surface area contributed by atoms with E-state index in [2.05, 4.69) is 10.7 Å². The lowest BCUT2D eigenvalue weighted by molar-refractivity contribution is 0.556. The van der Waals surface area contributed by atoms with Gasteiger partial charge in [0, 0.05) is 10.7 Å². The van der Waals surface area contributed by atoms with Gasteiger partial charge >= 0.3 is 0 Å². The van der Waals surface area contributed by atoms with Gasteiger partial charge in [-0.3, -0.25) is 4.79 Å². The number of hydrogen-bond donors (Lipinski definition) is 0. The van der Waals surface area contributed by atoms with Crippen molar-refractivity contribution in [1.29, 1.82) is 0 Å². The molecule has 0 spiro atoms. The Morgan fingerprint density at radius 3 is 1.70 bits per heavy atom. The van der Waals surface area contributed by atoms with Crippen molar-refractivity contribution in [2.24, 2.45) is 0 Å². The summed E-state index contributed by atoms with van der Waals surface area (Å²) < 4.78 is 40.4. The number of halogens is 1. The number of carbonyl (C=O) groups excluding carboxylic acids is 1. The molecule has 0 fully saturated rings. The Kier molecular flexibility index (Phi) is 2.81. The Hall–Kier alpha value is -0.140. The first-order valence-corrected chi connectivity index (χ1v) is 6.06. The summed E-state index contributed by atoms with van der Waals surface area (Å²) in [6.45, 7) is 0. The van der Waals surface area contributed by atoms with Crippen molar-refractivity contribution in [2.45, 2.75) is 0 Å². The van der Waals surface area contributed by atoms with Crippen molar-refractivity contribution in [1.82, 2.24) is 0 Å². The second kappa shape index (κ2) is 2.85. The third-order valence-electron chi connectivity index (χ3n) is 0.452. The second-order valence-corrected chi connectivity index (χ2v) is 6.37.